The molecule has 0 aromatic heterocycles. The Morgan fingerprint density at radius 3 is 1.73 bits per heavy atom. The standard InChI is InChI=1S/C4H2F4O3/c5-2(4(6,7)8)1(9)3(10)11/h2H,(H,10,11). The summed E-state index contributed by atoms with van der Waals surface area (Å²) in [4.78, 5) is 19.3. The highest BCUT2D eigenvalue weighted by Crippen LogP contribution is 2.23. The molecule has 0 aromatic carbocycles. The molecule has 0 aromatic rings. The number of aliphatic carboxylic acids is 1. The molecule has 0 saturated heterocycles. The molecular formula is C4H2F4O3. The molecule has 64 valence electrons. The molecule has 0 fully saturated rings. The Morgan fingerprint density at radius 2 is 1.64 bits per heavy atom. The smallest absolute Gasteiger partial charge is 0.427 e. The highest BCUT2D eigenvalue weighted by atomic mass is 19.4. The first-order valence-electron chi connectivity index (χ1n) is 2.24. The van der Waals surface area contributed by atoms with Crippen molar-refractivity contribution in [3.05, 3.63) is 0 Å². The molecule has 0 aliphatic carbocycles. The molecule has 3 nitrogen and oxygen atoms in total. The van der Waals surface area contributed by atoms with Crippen molar-refractivity contribution in [2.75, 3.05) is 0 Å². The minimum Gasteiger partial charge on any atom is -0.475 e. The predicted molar refractivity (Wildman–Crippen MR) is 23.6 cm³/mol. The molecule has 11 heavy (non-hydrogen) atoms. The average molecular weight is 174 g/mol. The van der Waals surface area contributed by atoms with Gasteiger partial charge in [0, 0.05) is 0 Å². The van der Waals surface area contributed by atoms with E-state index in [0.29, 0.717) is 0 Å². The molecule has 1 N–H and O–H groups in total. The number of Topliss-reactive ketones (excluding diaryl/α,β-unsaturated/α-hetero) is 1. The minimum atomic E-state index is -5.44. The lowest BCUT2D eigenvalue weighted by Crippen LogP contribution is -2.36. The van der Waals surface area contributed by atoms with E-state index < -0.39 is 24.1 Å². The topological polar surface area (TPSA) is 54.4 Å². The predicted octanol–water partition coefficient (Wildman–Crippen LogP) is 0.540. The van der Waals surface area contributed by atoms with Gasteiger partial charge in [-0.25, -0.2) is 9.18 Å². The first-order chi connectivity index (χ1) is 4.76. The number of carboxylic acids is 1. The van der Waals surface area contributed by atoms with E-state index in [2.05, 4.69) is 0 Å². The van der Waals surface area contributed by atoms with Crippen LogP contribution in [0.1, 0.15) is 0 Å². The lowest BCUT2D eigenvalue weighted by molar-refractivity contribution is -0.190. The molecule has 0 bridgehead atoms. The summed E-state index contributed by atoms with van der Waals surface area (Å²) >= 11 is 0. The Balaban J connectivity index is 4.38. The van der Waals surface area contributed by atoms with Crippen LogP contribution in [0.4, 0.5) is 17.6 Å². The quantitative estimate of drug-likeness (QED) is 0.491. The van der Waals surface area contributed by atoms with Gasteiger partial charge in [0.05, 0.1) is 0 Å². The van der Waals surface area contributed by atoms with Crippen molar-refractivity contribution in [1.29, 1.82) is 0 Å². The second kappa shape index (κ2) is 2.85. The van der Waals surface area contributed by atoms with E-state index in [9.17, 15) is 27.2 Å². The van der Waals surface area contributed by atoms with Crippen LogP contribution in [-0.2, 0) is 9.59 Å². The second-order valence-corrected chi connectivity index (χ2v) is 1.57. The van der Waals surface area contributed by atoms with Crippen LogP contribution in [0.3, 0.4) is 0 Å². The van der Waals surface area contributed by atoms with Crippen molar-refractivity contribution in [3.8, 4) is 0 Å². The number of ketones is 1. The van der Waals surface area contributed by atoms with Gasteiger partial charge >= 0.3 is 12.1 Å². The van der Waals surface area contributed by atoms with Crippen LogP contribution in [0.25, 0.3) is 0 Å². The van der Waals surface area contributed by atoms with Gasteiger partial charge in [-0.3, -0.25) is 4.79 Å². The lowest BCUT2D eigenvalue weighted by atomic mass is 10.2. The molecule has 0 aliphatic rings. The highest BCUT2D eigenvalue weighted by molar-refractivity contribution is 6.34. The van der Waals surface area contributed by atoms with Crippen LogP contribution in [0, 0.1) is 0 Å². The van der Waals surface area contributed by atoms with Gasteiger partial charge < -0.3 is 5.11 Å². The number of alkyl halides is 4. The number of hydrogen-bond acceptors (Lipinski definition) is 2. The van der Waals surface area contributed by atoms with Gasteiger partial charge in [0.15, 0.2) is 0 Å². The van der Waals surface area contributed by atoms with E-state index >= 15 is 0 Å². The van der Waals surface area contributed by atoms with Crippen LogP contribution >= 0.6 is 0 Å². The summed E-state index contributed by atoms with van der Waals surface area (Å²) < 4.78 is 45.3. The van der Waals surface area contributed by atoms with Crippen molar-refractivity contribution in [2.45, 2.75) is 12.3 Å². The van der Waals surface area contributed by atoms with Gasteiger partial charge in [-0.1, -0.05) is 0 Å². The highest BCUT2D eigenvalue weighted by Gasteiger charge is 2.47. The number of carbonyl (C=O) groups is 2. The molecule has 0 spiro atoms. The maximum Gasteiger partial charge on any atom is 0.427 e. The molecule has 0 saturated carbocycles. The van der Waals surface area contributed by atoms with Crippen molar-refractivity contribution in [3.63, 3.8) is 0 Å². The molecule has 0 aliphatic heterocycles. The molecule has 1 unspecified atom stereocenters. The third-order valence-corrected chi connectivity index (χ3v) is 0.728. The molecule has 1 atom stereocenters. The van der Waals surface area contributed by atoms with Crippen molar-refractivity contribution >= 4 is 11.8 Å². The zero-order valence-corrected chi connectivity index (χ0v) is 4.85. The van der Waals surface area contributed by atoms with E-state index in [0.717, 1.165) is 0 Å². The van der Waals surface area contributed by atoms with Crippen molar-refractivity contribution < 1.29 is 32.3 Å². The van der Waals surface area contributed by atoms with Gasteiger partial charge in [0.1, 0.15) is 0 Å². The normalized spacial score (nSPS) is 14.2. The van der Waals surface area contributed by atoms with Crippen LogP contribution in [0.15, 0.2) is 0 Å². The number of carbonyl (C=O) groups excluding carboxylic acids is 1. The van der Waals surface area contributed by atoms with E-state index in [-0.39, 0.29) is 0 Å². The van der Waals surface area contributed by atoms with Gasteiger partial charge in [-0.2, -0.15) is 13.2 Å². The maximum absolute atomic E-state index is 11.7. The van der Waals surface area contributed by atoms with Gasteiger partial charge in [-0.15, -0.1) is 0 Å². The van der Waals surface area contributed by atoms with Gasteiger partial charge in [0.25, 0.3) is 12.0 Å². The van der Waals surface area contributed by atoms with Crippen LogP contribution < -0.4 is 0 Å². The van der Waals surface area contributed by atoms with E-state index in [1.165, 1.54) is 0 Å². The zero-order chi connectivity index (χ0) is 9.23. The molecule has 7 heteroatoms. The molecular weight excluding hydrogens is 172 g/mol. The maximum atomic E-state index is 11.7. The fourth-order valence-electron chi connectivity index (χ4n) is 0.257. The fourth-order valence-corrected chi connectivity index (χ4v) is 0.257. The molecule has 0 heterocycles. The first-order valence-corrected chi connectivity index (χ1v) is 2.24. The fraction of sp³-hybridized carbons (Fsp3) is 0.500. The Labute approximate surface area is 57.6 Å². The monoisotopic (exact) mass is 174 g/mol. The minimum absolute atomic E-state index is 2.44. The summed E-state index contributed by atoms with van der Waals surface area (Å²) in [5.41, 5.74) is 0. The summed E-state index contributed by atoms with van der Waals surface area (Å²) in [5.74, 6) is -4.94. The van der Waals surface area contributed by atoms with Crippen molar-refractivity contribution in [1.82, 2.24) is 0 Å². The second-order valence-electron chi connectivity index (χ2n) is 1.57. The van der Waals surface area contributed by atoms with Gasteiger partial charge in [0.2, 0.25) is 0 Å². The van der Waals surface area contributed by atoms with E-state index in [1.807, 2.05) is 0 Å². The Kier molecular flexibility index (Phi) is 2.55. The number of rotatable bonds is 2. The van der Waals surface area contributed by atoms with Crippen LogP contribution in [0.5, 0.6) is 0 Å². The summed E-state index contributed by atoms with van der Waals surface area (Å²) in [6.45, 7) is 0. The van der Waals surface area contributed by atoms with E-state index in [1.54, 1.807) is 0 Å². The van der Waals surface area contributed by atoms with Crippen molar-refractivity contribution in [2.24, 2.45) is 0 Å². The Bertz CT molecular complexity index is 184. The Morgan fingerprint density at radius 1 is 1.27 bits per heavy atom. The average Bonchev–Trinajstić information content (AvgIpc) is 1.82. The summed E-state index contributed by atoms with van der Waals surface area (Å²) in [5, 5.41) is 7.63. The SMILES string of the molecule is O=C(O)C(=O)C(F)C(F)(F)F. The summed E-state index contributed by atoms with van der Waals surface area (Å²) in [6.07, 6.45) is -9.37. The first kappa shape index (κ1) is 9.86. The summed E-state index contributed by atoms with van der Waals surface area (Å²) in [6, 6.07) is 0. The summed E-state index contributed by atoms with van der Waals surface area (Å²) in [7, 11) is 0. The van der Waals surface area contributed by atoms with Crippen LogP contribution in [-0.4, -0.2) is 29.2 Å². The number of halogens is 4. The molecule has 0 radical (unpaired) electrons. The van der Waals surface area contributed by atoms with Gasteiger partial charge in [-0.05, 0) is 0 Å². The van der Waals surface area contributed by atoms with Crippen LogP contribution in [0.2, 0.25) is 0 Å². The number of carboxylic acid groups (broad SMARTS) is 1. The molecule has 0 amide bonds. The largest absolute Gasteiger partial charge is 0.475 e. The number of hydrogen-bond donors (Lipinski definition) is 1. The Hall–Kier alpha value is -1.14. The zero-order valence-electron chi connectivity index (χ0n) is 4.85. The molecule has 0 rings (SSSR count). The lowest BCUT2D eigenvalue weighted by Gasteiger charge is -2.07. The third kappa shape index (κ3) is 2.52. The van der Waals surface area contributed by atoms with E-state index in [4.69, 9.17) is 5.11 Å². The third-order valence-electron chi connectivity index (χ3n) is 0.728.